The Hall–Kier alpha value is -3.21. The van der Waals surface area contributed by atoms with E-state index in [4.69, 9.17) is 4.74 Å². The number of carbonyl (C=O) groups excluding carboxylic acids is 1. The van der Waals surface area contributed by atoms with Crippen LogP contribution in [0.25, 0.3) is 10.9 Å². The smallest absolute Gasteiger partial charge is 0.343 e. The lowest BCUT2D eigenvalue weighted by molar-refractivity contribution is 0.0734. The third-order valence-corrected chi connectivity index (χ3v) is 4.44. The molecule has 0 aliphatic carbocycles. The van der Waals surface area contributed by atoms with Crippen molar-refractivity contribution in [2.24, 2.45) is 4.99 Å². The Balaban J connectivity index is 1.83. The van der Waals surface area contributed by atoms with Gasteiger partial charge in [0.2, 0.25) is 0 Å². The summed E-state index contributed by atoms with van der Waals surface area (Å²) in [5, 5.41) is 0.931. The van der Waals surface area contributed by atoms with Gasteiger partial charge in [0.1, 0.15) is 5.75 Å². The molecule has 0 amide bonds. The standard InChI is InChI=1S/C22H23N3O2/c1-5-25(4)14-24-21-12-15(2)19(11-16(21)3)22(26)27-18-8-9-20-17(13-18)7-6-10-23-20/h6-14H,5H2,1-4H3/b24-14+. The van der Waals surface area contributed by atoms with Crippen LogP contribution in [0.3, 0.4) is 0 Å². The third kappa shape index (κ3) is 4.31. The van der Waals surface area contributed by atoms with Gasteiger partial charge in [-0.1, -0.05) is 6.07 Å². The van der Waals surface area contributed by atoms with E-state index >= 15 is 0 Å². The van der Waals surface area contributed by atoms with E-state index in [2.05, 4.69) is 16.9 Å². The van der Waals surface area contributed by atoms with Gasteiger partial charge in [-0.25, -0.2) is 9.79 Å². The quantitative estimate of drug-likeness (QED) is 0.286. The van der Waals surface area contributed by atoms with Gasteiger partial charge in [0, 0.05) is 25.2 Å². The molecule has 1 aromatic heterocycles. The molecule has 5 nitrogen and oxygen atoms in total. The highest BCUT2D eigenvalue weighted by atomic mass is 16.5. The van der Waals surface area contributed by atoms with E-state index in [1.54, 1.807) is 18.6 Å². The van der Waals surface area contributed by atoms with Crippen LogP contribution < -0.4 is 4.74 Å². The summed E-state index contributed by atoms with van der Waals surface area (Å²) in [5.74, 6) is 0.129. The summed E-state index contributed by atoms with van der Waals surface area (Å²) < 4.78 is 5.59. The second-order valence-electron chi connectivity index (χ2n) is 6.52. The largest absolute Gasteiger partial charge is 0.423 e. The maximum atomic E-state index is 12.7. The monoisotopic (exact) mass is 361 g/mol. The second kappa shape index (κ2) is 7.99. The molecule has 1 heterocycles. The van der Waals surface area contributed by atoms with Crippen LogP contribution in [0.2, 0.25) is 0 Å². The number of fused-ring (bicyclic) bond motifs is 1. The van der Waals surface area contributed by atoms with E-state index in [1.165, 1.54) is 0 Å². The maximum absolute atomic E-state index is 12.7. The summed E-state index contributed by atoms with van der Waals surface area (Å²) in [6.45, 7) is 6.78. The molecule has 0 radical (unpaired) electrons. The number of nitrogens with zero attached hydrogens (tertiary/aromatic N) is 3. The van der Waals surface area contributed by atoms with E-state index in [0.29, 0.717) is 11.3 Å². The SMILES string of the molecule is CCN(C)/C=N/c1cc(C)c(C(=O)Oc2ccc3ncccc3c2)cc1C. The molecule has 3 rings (SSSR count). The summed E-state index contributed by atoms with van der Waals surface area (Å²) in [7, 11) is 1.97. The van der Waals surface area contributed by atoms with Crippen LogP contribution in [-0.4, -0.2) is 35.8 Å². The van der Waals surface area contributed by atoms with Crippen molar-refractivity contribution >= 4 is 28.9 Å². The summed E-state index contributed by atoms with van der Waals surface area (Å²) in [6.07, 6.45) is 3.53. The van der Waals surface area contributed by atoms with Crippen LogP contribution in [0.15, 0.2) is 53.7 Å². The lowest BCUT2D eigenvalue weighted by Gasteiger charge is -2.12. The number of pyridine rings is 1. The number of ether oxygens (including phenoxy) is 1. The first kappa shape index (κ1) is 18.6. The molecule has 3 aromatic rings. The summed E-state index contributed by atoms with van der Waals surface area (Å²) in [5.41, 5.74) is 4.02. The Morgan fingerprint density at radius 1 is 1.19 bits per heavy atom. The molecule has 0 unspecified atom stereocenters. The molecule has 0 saturated heterocycles. The number of carbonyl (C=O) groups is 1. The van der Waals surface area contributed by atoms with Crippen molar-refractivity contribution in [2.75, 3.05) is 13.6 Å². The summed E-state index contributed by atoms with van der Waals surface area (Å²) in [4.78, 5) is 23.4. The minimum absolute atomic E-state index is 0.375. The lowest BCUT2D eigenvalue weighted by atomic mass is 10.0. The summed E-state index contributed by atoms with van der Waals surface area (Å²) >= 11 is 0. The molecule has 0 atom stereocenters. The molecule has 0 fully saturated rings. The molecule has 0 aliphatic heterocycles. The molecular formula is C22H23N3O2. The third-order valence-electron chi connectivity index (χ3n) is 4.44. The van der Waals surface area contributed by atoms with Crippen molar-refractivity contribution in [3.63, 3.8) is 0 Å². The van der Waals surface area contributed by atoms with E-state index in [-0.39, 0.29) is 5.97 Å². The minimum Gasteiger partial charge on any atom is -0.423 e. The number of aryl methyl sites for hydroxylation is 2. The van der Waals surface area contributed by atoms with E-state index in [0.717, 1.165) is 34.3 Å². The zero-order valence-electron chi connectivity index (χ0n) is 16.1. The Morgan fingerprint density at radius 3 is 2.78 bits per heavy atom. The van der Waals surface area contributed by atoms with Gasteiger partial charge in [0.15, 0.2) is 0 Å². The van der Waals surface area contributed by atoms with Crippen molar-refractivity contribution in [1.29, 1.82) is 0 Å². The van der Waals surface area contributed by atoms with Crippen LogP contribution in [0.1, 0.15) is 28.4 Å². The Bertz CT molecular complexity index is 1010. The molecule has 5 heteroatoms. The van der Waals surface area contributed by atoms with Crippen LogP contribution in [-0.2, 0) is 0 Å². The number of benzene rings is 2. The van der Waals surface area contributed by atoms with Gasteiger partial charge in [-0.15, -0.1) is 0 Å². The van der Waals surface area contributed by atoms with Crippen molar-refractivity contribution in [2.45, 2.75) is 20.8 Å². The fourth-order valence-electron chi connectivity index (χ4n) is 2.68. The molecular weight excluding hydrogens is 338 g/mol. The van der Waals surface area contributed by atoms with Crippen LogP contribution in [0.5, 0.6) is 5.75 Å². The van der Waals surface area contributed by atoms with Crippen LogP contribution >= 0.6 is 0 Å². The first-order valence-corrected chi connectivity index (χ1v) is 8.90. The number of rotatable bonds is 5. The number of hydrogen-bond acceptors (Lipinski definition) is 4. The highest BCUT2D eigenvalue weighted by molar-refractivity contribution is 5.94. The highest BCUT2D eigenvalue weighted by Gasteiger charge is 2.14. The van der Waals surface area contributed by atoms with Gasteiger partial charge in [-0.2, -0.15) is 0 Å². The van der Waals surface area contributed by atoms with E-state index in [1.807, 2.05) is 62.2 Å². The molecule has 0 aliphatic rings. The zero-order chi connectivity index (χ0) is 19.4. The van der Waals surface area contributed by atoms with Crippen molar-refractivity contribution in [3.05, 3.63) is 65.4 Å². The lowest BCUT2D eigenvalue weighted by Crippen LogP contribution is -2.14. The molecule has 0 saturated carbocycles. The maximum Gasteiger partial charge on any atom is 0.343 e. The predicted molar refractivity (Wildman–Crippen MR) is 109 cm³/mol. The Kier molecular flexibility index (Phi) is 5.50. The van der Waals surface area contributed by atoms with Gasteiger partial charge in [0.05, 0.1) is 23.1 Å². The minimum atomic E-state index is -0.375. The average Bonchev–Trinajstić information content (AvgIpc) is 2.67. The molecule has 0 bridgehead atoms. The summed E-state index contributed by atoms with van der Waals surface area (Å²) in [6, 6.07) is 13.0. The normalized spacial score (nSPS) is 11.1. The second-order valence-corrected chi connectivity index (χ2v) is 6.52. The van der Waals surface area contributed by atoms with Crippen molar-refractivity contribution < 1.29 is 9.53 Å². The molecule has 27 heavy (non-hydrogen) atoms. The topological polar surface area (TPSA) is 54.8 Å². The predicted octanol–water partition coefficient (Wildman–Crippen LogP) is 4.68. The van der Waals surface area contributed by atoms with Gasteiger partial charge in [-0.05, 0) is 68.3 Å². The molecule has 0 N–H and O–H groups in total. The van der Waals surface area contributed by atoms with Crippen molar-refractivity contribution in [1.82, 2.24) is 9.88 Å². The molecule has 2 aromatic carbocycles. The highest BCUT2D eigenvalue weighted by Crippen LogP contribution is 2.25. The van der Waals surface area contributed by atoms with E-state index < -0.39 is 0 Å². The molecule has 0 spiro atoms. The fourth-order valence-corrected chi connectivity index (χ4v) is 2.68. The zero-order valence-corrected chi connectivity index (χ0v) is 16.1. The van der Waals surface area contributed by atoms with E-state index in [9.17, 15) is 4.79 Å². The average molecular weight is 361 g/mol. The number of aromatic nitrogens is 1. The Labute approximate surface area is 159 Å². The molecule has 138 valence electrons. The van der Waals surface area contributed by atoms with Gasteiger partial charge in [0.25, 0.3) is 0 Å². The van der Waals surface area contributed by atoms with Gasteiger partial charge < -0.3 is 9.64 Å². The van der Waals surface area contributed by atoms with Gasteiger partial charge in [-0.3, -0.25) is 4.98 Å². The first-order chi connectivity index (χ1) is 13.0. The number of hydrogen-bond donors (Lipinski definition) is 0. The fraction of sp³-hybridized carbons (Fsp3) is 0.227. The first-order valence-electron chi connectivity index (χ1n) is 8.90. The van der Waals surface area contributed by atoms with Crippen LogP contribution in [0.4, 0.5) is 5.69 Å². The van der Waals surface area contributed by atoms with Crippen molar-refractivity contribution in [3.8, 4) is 5.75 Å². The number of esters is 1. The van der Waals surface area contributed by atoms with Gasteiger partial charge >= 0.3 is 5.97 Å². The van der Waals surface area contributed by atoms with Crippen LogP contribution in [0, 0.1) is 13.8 Å². The number of aliphatic imine (C=N–C) groups is 1. The Morgan fingerprint density at radius 2 is 2.00 bits per heavy atom.